The van der Waals surface area contributed by atoms with Gasteiger partial charge in [-0.2, -0.15) is 0 Å². The van der Waals surface area contributed by atoms with Crippen molar-refractivity contribution < 1.29 is 28.8 Å². The second-order valence-electron chi connectivity index (χ2n) is 7.91. The van der Waals surface area contributed by atoms with E-state index in [-0.39, 0.29) is 23.6 Å². The fraction of sp³-hybridized carbons (Fsp3) is 0.115. The van der Waals surface area contributed by atoms with Gasteiger partial charge in [-0.05, 0) is 54.5 Å². The summed E-state index contributed by atoms with van der Waals surface area (Å²) in [5.41, 5.74) is 0.484. The maximum absolute atomic E-state index is 13.2. The Morgan fingerprint density at radius 3 is 2.47 bits per heavy atom. The van der Waals surface area contributed by atoms with Crippen molar-refractivity contribution in [1.82, 2.24) is 5.32 Å². The molecule has 0 radical (unpaired) electrons. The van der Waals surface area contributed by atoms with Crippen LogP contribution in [0, 0.1) is 10.1 Å². The number of anilines is 1. The van der Waals surface area contributed by atoms with Gasteiger partial charge in [-0.1, -0.05) is 41.4 Å². The number of urea groups is 1. The average molecular weight is 556 g/mol. The molecule has 4 amide bonds. The number of benzene rings is 3. The molecular formula is C26H19Cl2N3O7. The number of non-ortho nitro benzene ring substituents is 1. The maximum atomic E-state index is 13.2. The quantitative estimate of drug-likeness (QED) is 0.167. The molecule has 0 bridgehead atoms. The molecule has 0 aliphatic carbocycles. The molecule has 0 saturated carbocycles. The van der Waals surface area contributed by atoms with Gasteiger partial charge in [0.05, 0.1) is 27.3 Å². The molecule has 1 N–H and O–H groups in total. The number of hydrogen-bond donors (Lipinski definition) is 1. The summed E-state index contributed by atoms with van der Waals surface area (Å²) in [6.07, 6.45) is 1.29. The van der Waals surface area contributed by atoms with E-state index in [0.29, 0.717) is 38.6 Å². The molecule has 3 aromatic rings. The zero-order valence-electron chi connectivity index (χ0n) is 19.8. The van der Waals surface area contributed by atoms with Gasteiger partial charge in [0.25, 0.3) is 17.5 Å². The van der Waals surface area contributed by atoms with E-state index in [1.807, 2.05) is 0 Å². The summed E-state index contributed by atoms with van der Waals surface area (Å²) >= 11 is 12.0. The van der Waals surface area contributed by atoms with E-state index in [1.54, 1.807) is 43.3 Å². The highest BCUT2D eigenvalue weighted by atomic mass is 35.5. The highest BCUT2D eigenvalue weighted by molar-refractivity contribution is 6.42. The largest absolute Gasteiger partial charge is 0.490 e. The van der Waals surface area contributed by atoms with Crippen molar-refractivity contribution in [2.75, 3.05) is 11.5 Å². The first kappa shape index (κ1) is 26.6. The lowest BCUT2D eigenvalue weighted by molar-refractivity contribution is -0.384. The summed E-state index contributed by atoms with van der Waals surface area (Å²) in [5.74, 6) is -1.07. The second kappa shape index (κ2) is 11.3. The second-order valence-corrected chi connectivity index (χ2v) is 8.73. The van der Waals surface area contributed by atoms with Crippen LogP contribution >= 0.6 is 23.2 Å². The smallest absolute Gasteiger partial charge is 0.335 e. The van der Waals surface area contributed by atoms with E-state index in [9.17, 15) is 24.5 Å². The molecule has 194 valence electrons. The number of ether oxygens (including phenoxy) is 2. The number of nitrogens with one attached hydrogen (secondary N) is 1. The van der Waals surface area contributed by atoms with Crippen LogP contribution < -0.4 is 19.7 Å². The zero-order valence-corrected chi connectivity index (χ0v) is 21.3. The van der Waals surface area contributed by atoms with Gasteiger partial charge in [-0.15, -0.1) is 0 Å². The molecule has 1 heterocycles. The summed E-state index contributed by atoms with van der Waals surface area (Å²) in [5, 5.41) is 14.0. The van der Waals surface area contributed by atoms with Crippen LogP contribution in [0.2, 0.25) is 10.0 Å². The summed E-state index contributed by atoms with van der Waals surface area (Å²) in [7, 11) is 0. The van der Waals surface area contributed by atoms with Crippen LogP contribution in [0.15, 0.2) is 66.2 Å². The molecule has 3 aromatic carbocycles. The molecule has 0 unspecified atom stereocenters. The number of carbonyl (C=O) groups excluding carboxylic acids is 3. The molecule has 1 aliphatic heterocycles. The van der Waals surface area contributed by atoms with Gasteiger partial charge in [-0.3, -0.25) is 25.0 Å². The molecule has 0 spiro atoms. The molecule has 0 atom stereocenters. The molecule has 10 nitrogen and oxygen atoms in total. The van der Waals surface area contributed by atoms with Crippen molar-refractivity contribution >= 4 is 58.5 Å². The topological polar surface area (TPSA) is 128 Å². The third-order valence-corrected chi connectivity index (χ3v) is 6.10. The highest BCUT2D eigenvalue weighted by Gasteiger charge is 2.37. The molecule has 1 fully saturated rings. The number of imide groups is 2. The van der Waals surface area contributed by atoms with Gasteiger partial charge < -0.3 is 9.47 Å². The Hall–Kier alpha value is -4.41. The number of nitro benzene ring substituents is 1. The Morgan fingerprint density at radius 1 is 0.974 bits per heavy atom. The average Bonchev–Trinajstić information content (AvgIpc) is 2.88. The van der Waals surface area contributed by atoms with Crippen molar-refractivity contribution in [3.63, 3.8) is 0 Å². The minimum absolute atomic E-state index is 0.0545. The summed E-state index contributed by atoms with van der Waals surface area (Å²) in [4.78, 5) is 49.2. The van der Waals surface area contributed by atoms with Crippen LogP contribution in [-0.4, -0.2) is 29.4 Å². The predicted octanol–water partition coefficient (Wildman–Crippen LogP) is 5.55. The number of barbiturate groups is 1. The number of hydrogen-bond acceptors (Lipinski definition) is 7. The minimum atomic E-state index is -1.02. The maximum Gasteiger partial charge on any atom is 0.335 e. The number of rotatable bonds is 8. The standard InChI is InChI=1S/C26H19Cl2N3O7/c1-2-37-23-12-15(7-9-22(23)38-14-16-6-8-20(27)21(28)11-16)10-19-24(32)29-26(34)30(25(19)33)17-4-3-5-18(13-17)31(35)36/h3-13H,2,14H2,1H3,(H,29,32,34)/b19-10+. The SMILES string of the molecule is CCOc1cc(/C=C2\C(=O)NC(=O)N(c3cccc([N+](=O)[O-])c3)C2=O)ccc1OCc1ccc(Cl)c(Cl)c1. The first-order chi connectivity index (χ1) is 18.2. The minimum Gasteiger partial charge on any atom is -0.490 e. The van der Waals surface area contributed by atoms with E-state index in [0.717, 1.165) is 11.6 Å². The van der Waals surface area contributed by atoms with Gasteiger partial charge in [0, 0.05) is 12.1 Å². The van der Waals surface area contributed by atoms with Crippen LogP contribution in [0.5, 0.6) is 11.5 Å². The number of amides is 4. The first-order valence-electron chi connectivity index (χ1n) is 11.2. The van der Waals surface area contributed by atoms with E-state index in [1.165, 1.54) is 24.3 Å². The molecule has 0 aromatic heterocycles. The fourth-order valence-corrected chi connectivity index (χ4v) is 3.92. The van der Waals surface area contributed by atoms with Crippen LogP contribution in [0.4, 0.5) is 16.2 Å². The van der Waals surface area contributed by atoms with Gasteiger partial charge in [0.1, 0.15) is 12.2 Å². The third kappa shape index (κ3) is 5.77. The van der Waals surface area contributed by atoms with Crippen LogP contribution in [-0.2, 0) is 16.2 Å². The Morgan fingerprint density at radius 2 is 1.76 bits per heavy atom. The molecule has 12 heteroatoms. The number of nitro groups is 1. The van der Waals surface area contributed by atoms with Gasteiger partial charge in [0.2, 0.25) is 0 Å². The van der Waals surface area contributed by atoms with Gasteiger partial charge in [-0.25, -0.2) is 9.69 Å². The fourth-order valence-electron chi connectivity index (χ4n) is 3.60. The lowest BCUT2D eigenvalue weighted by Gasteiger charge is -2.26. The lowest BCUT2D eigenvalue weighted by atomic mass is 10.1. The van der Waals surface area contributed by atoms with Crippen molar-refractivity contribution in [3.8, 4) is 11.5 Å². The Bertz CT molecular complexity index is 1490. The van der Waals surface area contributed by atoms with Crippen molar-refractivity contribution in [1.29, 1.82) is 0 Å². The highest BCUT2D eigenvalue weighted by Crippen LogP contribution is 2.32. The number of carbonyl (C=O) groups is 3. The molecule has 1 saturated heterocycles. The van der Waals surface area contributed by atoms with Crippen molar-refractivity contribution in [2.45, 2.75) is 13.5 Å². The van der Waals surface area contributed by atoms with Crippen molar-refractivity contribution in [3.05, 3.63) is 97.5 Å². The van der Waals surface area contributed by atoms with E-state index in [4.69, 9.17) is 32.7 Å². The van der Waals surface area contributed by atoms with Crippen LogP contribution in [0.25, 0.3) is 6.08 Å². The zero-order chi connectivity index (χ0) is 27.4. The Balaban J connectivity index is 1.62. The first-order valence-corrected chi connectivity index (χ1v) is 11.9. The summed E-state index contributed by atoms with van der Waals surface area (Å²) in [6, 6.07) is 13.9. The third-order valence-electron chi connectivity index (χ3n) is 5.36. The Labute approximate surface area is 226 Å². The van der Waals surface area contributed by atoms with Crippen molar-refractivity contribution in [2.24, 2.45) is 0 Å². The lowest BCUT2D eigenvalue weighted by Crippen LogP contribution is -2.54. The summed E-state index contributed by atoms with van der Waals surface area (Å²) in [6.45, 7) is 2.28. The van der Waals surface area contributed by atoms with Crippen LogP contribution in [0.1, 0.15) is 18.1 Å². The normalized spacial score (nSPS) is 14.4. The predicted molar refractivity (Wildman–Crippen MR) is 141 cm³/mol. The van der Waals surface area contributed by atoms with E-state index < -0.39 is 22.8 Å². The monoisotopic (exact) mass is 555 g/mol. The summed E-state index contributed by atoms with van der Waals surface area (Å²) < 4.78 is 11.6. The van der Waals surface area contributed by atoms with Gasteiger partial charge in [0.15, 0.2) is 11.5 Å². The van der Waals surface area contributed by atoms with Crippen LogP contribution in [0.3, 0.4) is 0 Å². The van der Waals surface area contributed by atoms with Gasteiger partial charge >= 0.3 is 6.03 Å². The van der Waals surface area contributed by atoms with E-state index >= 15 is 0 Å². The number of halogens is 2. The molecule has 4 rings (SSSR count). The molecule has 1 aliphatic rings. The molecule has 38 heavy (non-hydrogen) atoms. The van der Waals surface area contributed by atoms with E-state index in [2.05, 4.69) is 5.32 Å². The Kier molecular flexibility index (Phi) is 7.94. The number of nitrogens with zero attached hydrogens (tertiary/aromatic N) is 2. The molecular weight excluding hydrogens is 537 g/mol.